The van der Waals surface area contributed by atoms with Crippen LogP contribution in [-0.4, -0.2) is 41.4 Å². The van der Waals surface area contributed by atoms with Gasteiger partial charge in [-0.05, 0) is 31.2 Å². The van der Waals surface area contributed by atoms with Crippen molar-refractivity contribution in [2.24, 2.45) is 0 Å². The van der Waals surface area contributed by atoms with Crippen LogP contribution in [0.25, 0.3) is 0 Å². The maximum Gasteiger partial charge on any atom is 0.326 e. The van der Waals surface area contributed by atoms with Gasteiger partial charge in [-0.15, -0.1) is 0 Å². The molecule has 0 bridgehead atoms. The average Bonchev–Trinajstić information content (AvgIpc) is 2.53. The van der Waals surface area contributed by atoms with Crippen LogP contribution in [0.2, 0.25) is 0 Å². The average molecular weight is 317 g/mol. The first-order chi connectivity index (χ1) is 11.1. The van der Waals surface area contributed by atoms with Gasteiger partial charge in [-0.25, -0.2) is 9.78 Å². The van der Waals surface area contributed by atoms with E-state index in [9.17, 15) is 4.79 Å². The largest absolute Gasteiger partial charge is 0.497 e. The number of rotatable bonds is 6. The molecule has 2 amide bonds. The Balaban J connectivity index is 1.99. The zero-order chi connectivity index (χ0) is 16.7. The van der Waals surface area contributed by atoms with E-state index in [0.29, 0.717) is 29.5 Å². The summed E-state index contributed by atoms with van der Waals surface area (Å²) in [6.07, 6.45) is 0. The van der Waals surface area contributed by atoms with E-state index in [2.05, 4.69) is 25.9 Å². The lowest BCUT2D eigenvalue weighted by Crippen LogP contribution is -2.21. The standard InChI is InChI=1S/C15H19N5O3/c1-10-9-13(16-7-8-21)19-14(17-10)20-15(22)18-11-3-5-12(23-2)6-4-11/h3-6,9,21H,7-8H2,1-2H3,(H3,16,17,18,19,20,22). The minimum atomic E-state index is -0.450. The molecule has 1 heterocycles. The molecule has 122 valence electrons. The predicted octanol–water partition coefficient (Wildman–Crippen LogP) is 1.84. The summed E-state index contributed by atoms with van der Waals surface area (Å²) in [6, 6.07) is 8.22. The van der Waals surface area contributed by atoms with Gasteiger partial charge in [0.2, 0.25) is 5.95 Å². The van der Waals surface area contributed by atoms with Crippen LogP contribution in [-0.2, 0) is 0 Å². The maximum atomic E-state index is 12.0. The van der Waals surface area contributed by atoms with Crippen LogP contribution >= 0.6 is 0 Å². The summed E-state index contributed by atoms with van der Waals surface area (Å²) in [5.74, 6) is 1.42. The number of benzene rings is 1. The number of hydrogen-bond donors (Lipinski definition) is 4. The van der Waals surface area contributed by atoms with Gasteiger partial charge in [0, 0.05) is 24.0 Å². The van der Waals surface area contributed by atoms with E-state index in [1.807, 2.05) is 0 Å². The summed E-state index contributed by atoms with van der Waals surface area (Å²) in [6.45, 7) is 2.15. The number of nitrogens with zero attached hydrogens (tertiary/aromatic N) is 2. The second-order valence-corrected chi connectivity index (χ2v) is 4.68. The van der Waals surface area contributed by atoms with Crippen molar-refractivity contribution in [3.05, 3.63) is 36.0 Å². The summed E-state index contributed by atoms with van der Waals surface area (Å²) >= 11 is 0. The van der Waals surface area contributed by atoms with Crippen molar-refractivity contribution in [2.45, 2.75) is 6.92 Å². The second-order valence-electron chi connectivity index (χ2n) is 4.68. The number of methoxy groups -OCH3 is 1. The molecule has 0 spiro atoms. The van der Waals surface area contributed by atoms with E-state index in [1.165, 1.54) is 0 Å². The zero-order valence-corrected chi connectivity index (χ0v) is 13.0. The molecule has 0 saturated carbocycles. The molecule has 0 aliphatic carbocycles. The van der Waals surface area contributed by atoms with Crippen molar-refractivity contribution < 1.29 is 14.6 Å². The zero-order valence-electron chi connectivity index (χ0n) is 13.0. The molecule has 2 rings (SSSR count). The first kappa shape index (κ1) is 16.5. The van der Waals surface area contributed by atoms with Crippen LogP contribution in [0, 0.1) is 6.92 Å². The number of carbonyl (C=O) groups excluding carboxylic acids is 1. The number of nitrogens with one attached hydrogen (secondary N) is 3. The molecule has 8 nitrogen and oxygen atoms in total. The van der Waals surface area contributed by atoms with Crippen LogP contribution in [0.1, 0.15) is 5.69 Å². The van der Waals surface area contributed by atoms with E-state index < -0.39 is 6.03 Å². The number of amides is 2. The lowest BCUT2D eigenvalue weighted by Gasteiger charge is -2.10. The third-order valence-corrected chi connectivity index (χ3v) is 2.85. The Morgan fingerprint density at radius 2 is 1.96 bits per heavy atom. The van der Waals surface area contributed by atoms with Crippen molar-refractivity contribution in [1.82, 2.24) is 9.97 Å². The molecule has 0 unspecified atom stereocenters. The topological polar surface area (TPSA) is 108 Å². The molecule has 0 aliphatic heterocycles. The minimum absolute atomic E-state index is 0.0102. The summed E-state index contributed by atoms with van der Waals surface area (Å²) in [5, 5.41) is 17.0. The Morgan fingerprint density at radius 3 is 2.61 bits per heavy atom. The Hall–Kier alpha value is -2.87. The van der Waals surface area contributed by atoms with E-state index in [0.717, 1.165) is 0 Å². The Labute approximate surface area is 133 Å². The number of aryl methyl sites for hydroxylation is 1. The van der Waals surface area contributed by atoms with Crippen LogP contribution in [0.3, 0.4) is 0 Å². The number of anilines is 3. The number of aromatic nitrogens is 2. The van der Waals surface area contributed by atoms with Crippen molar-refractivity contribution in [1.29, 1.82) is 0 Å². The van der Waals surface area contributed by atoms with Gasteiger partial charge in [0.15, 0.2) is 0 Å². The smallest absolute Gasteiger partial charge is 0.326 e. The summed E-state index contributed by atoms with van der Waals surface area (Å²) < 4.78 is 5.06. The molecule has 4 N–H and O–H groups in total. The first-order valence-electron chi connectivity index (χ1n) is 7.03. The molecule has 0 fully saturated rings. The Kier molecular flexibility index (Phi) is 5.70. The number of ether oxygens (including phenoxy) is 1. The van der Waals surface area contributed by atoms with Crippen LogP contribution in [0.5, 0.6) is 5.75 Å². The molecule has 2 aromatic rings. The van der Waals surface area contributed by atoms with Gasteiger partial charge in [0.1, 0.15) is 11.6 Å². The highest BCUT2D eigenvalue weighted by molar-refractivity contribution is 5.98. The van der Waals surface area contributed by atoms with Gasteiger partial charge in [0.05, 0.1) is 13.7 Å². The van der Waals surface area contributed by atoms with Gasteiger partial charge < -0.3 is 20.5 Å². The van der Waals surface area contributed by atoms with Gasteiger partial charge in [-0.1, -0.05) is 0 Å². The van der Waals surface area contributed by atoms with Crippen LogP contribution in [0.15, 0.2) is 30.3 Å². The van der Waals surface area contributed by atoms with Gasteiger partial charge in [0.25, 0.3) is 0 Å². The van der Waals surface area contributed by atoms with Crippen molar-refractivity contribution in [2.75, 3.05) is 36.2 Å². The fourth-order valence-electron chi connectivity index (χ4n) is 1.84. The summed E-state index contributed by atoms with van der Waals surface area (Å²) in [5.41, 5.74) is 1.31. The third kappa shape index (κ3) is 5.11. The molecule has 0 aliphatic rings. The molecule has 0 atom stereocenters. The first-order valence-corrected chi connectivity index (χ1v) is 7.03. The second kappa shape index (κ2) is 7.95. The number of hydrogen-bond acceptors (Lipinski definition) is 6. The molecule has 0 radical (unpaired) electrons. The van der Waals surface area contributed by atoms with E-state index >= 15 is 0 Å². The third-order valence-electron chi connectivity index (χ3n) is 2.85. The predicted molar refractivity (Wildman–Crippen MR) is 88.0 cm³/mol. The lowest BCUT2D eigenvalue weighted by atomic mass is 10.3. The van der Waals surface area contributed by atoms with Gasteiger partial charge in [-0.2, -0.15) is 4.98 Å². The highest BCUT2D eigenvalue weighted by Gasteiger charge is 2.07. The maximum absolute atomic E-state index is 12.0. The SMILES string of the molecule is COc1ccc(NC(=O)Nc2nc(C)cc(NCCO)n2)cc1. The quantitative estimate of drug-likeness (QED) is 0.647. The number of carbonyl (C=O) groups is 1. The van der Waals surface area contributed by atoms with E-state index in [1.54, 1.807) is 44.4 Å². The summed E-state index contributed by atoms with van der Waals surface area (Å²) in [4.78, 5) is 20.3. The fourth-order valence-corrected chi connectivity index (χ4v) is 1.84. The normalized spacial score (nSPS) is 10.0. The van der Waals surface area contributed by atoms with Crippen LogP contribution < -0.4 is 20.7 Å². The number of aliphatic hydroxyl groups is 1. The molecule has 23 heavy (non-hydrogen) atoms. The van der Waals surface area contributed by atoms with Gasteiger partial charge in [-0.3, -0.25) is 5.32 Å². The Morgan fingerprint density at radius 1 is 1.22 bits per heavy atom. The van der Waals surface area contributed by atoms with Gasteiger partial charge >= 0.3 is 6.03 Å². The van der Waals surface area contributed by atoms with E-state index in [4.69, 9.17) is 9.84 Å². The number of urea groups is 1. The monoisotopic (exact) mass is 317 g/mol. The van der Waals surface area contributed by atoms with Crippen LogP contribution in [0.4, 0.5) is 22.2 Å². The van der Waals surface area contributed by atoms with E-state index in [-0.39, 0.29) is 12.6 Å². The number of aliphatic hydroxyl groups excluding tert-OH is 1. The highest BCUT2D eigenvalue weighted by Crippen LogP contribution is 2.15. The highest BCUT2D eigenvalue weighted by atomic mass is 16.5. The molecule has 8 heteroatoms. The molecular formula is C15H19N5O3. The minimum Gasteiger partial charge on any atom is -0.497 e. The van der Waals surface area contributed by atoms with Crippen molar-refractivity contribution >= 4 is 23.5 Å². The summed E-state index contributed by atoms with van der Waals surface area (Å²) in [7, 11) is 1.58. The van der Waals surface area contributed by atoms with Crippen molar-refractivity contribution in [3.63, 3.8) is 0 Å². The Bertz CT molecular complexity index is 661. The molecular weight excluding hydrogens is 298 g/mol. The lowest BCUT2D eigenvalue weighted by molar-refractivity contribution is 0.262. The molecule has 1 aromatic carbocycles. The fraction of sp³-hybridized carbons (Fsp3) is 0.267. The molecule has 0 saturated heterocycles. The van der Waals surface area contributed by atoms with Crippen molar-refractivity contribution in [3.8, 4) is 5.75 Å². The molecule has 1 aromatic heterocycles.